The van der Waals surface area contributed by atoms with Gasteiger partial charge in [0.05, 0.1) is 30.3 Å². The summed E-state index contributed by atoms with van der Waals surface area (Å²) in [5.41, 5.74) is 0.745. The van der Waals surface area contributed by atoms with Gasteiger partial charge in [-0.3, -0.25) is 4.79 Å². The third kappa shape index (κ3) is 3.77. The summed E-state index contributed by atoms with van der Waals surface area (Å²) in [6.45, 7) is 0.235. The summed E-state index contributed by atoms with van der Waals surface area (Å²) >= 11 is 5.85. The first kappa shape index (κ1) is 18.1. The largest absolute Gasteiger partial charge is 0.305 e. The molecule has 1 amide bonds. The van der Waals surface area contributed by atoms with Gasteiger partial charge in [-0.15, -0.1) is 17.8 Å². The van der Waals surface area contributed by atoms with Gasteiger partial charge in [0.2, 0.25) is 0 Å². The first-order valence-electron chi connectivity index (χ1n) is 6.91. The number of hydrogen-bond acceptors (Lipinski definition) is 5. The van der Waals surface area contributed by atoms with E-state index in [2.05, 4.69) is 26.8 Å². The average Bonchev–Trinajstić information content (AvgIpc) is 3.11. The van der Waals surface area contributed by atoms with Crippen LogP contribution >= 0.6 is 38.6 Å². The van der Waals surface area contributed by atoms with E-state index in [0.717, 1.165) is 15.6 Å². The third-order valence-corrected chi connectivity index (χ3v) is 7.08. The second kappa shape index (κ2) is 6.88. The Morgan fingerprint density at radius 1 is 1.32 bits per heavy atom. The molecule has 0 bridgehead atoms. The number of terminal acetylenes is 1. The van der Waals surface area contributed by atoms with Gasteiger partial charge in [-0.05, 0) is 46.3 Å². The lowest BCUT2D eigenvalue weighted by Gasteiger charge is -2.01. The summed E-state index contributed by atoms with van der Waals surface area (Å²) in [7, 11) is -3.32. The maximum atomic E-state index is 12.4. The molecular formula is C16H11BrN2O3S3. The van der Waals surface area contributed by atoms with Crippen LogP contribution in [0.15, 0.2) is 44.0 Å². The number of carbonyl (C=O) groups excluding carboxylic acids is 1. The minimum Gasteiger partial charge on any atom is -0.305 e. The number of hydrogen-bond donors (Lipinski definition) is 0. The Hall–Kier alpha value is -1.73. The van der Waals surface area contributed by atoms with Crippen molar-refractivity contribution in [3.63, 3.8) is 0 Å². The van der Waals surface area contributed by atoms with Gasteiger partial charge in [0.1, 0.15) is 0 Å². The Morgan fingerprint density at radius 3 is 2.68 bits per heavy atom. The van der Waals surface area contributed by atoms with E-state index < -0.39 is 9.84 Å². The van der Waals surface area contributed by atoms with Crippen LogP contribution in [0.1, 0.15) is 9.67 Å². The molecule has 1 aromatic carbocycles. The highest BCUT2D eigenvalue weighted by molar-refractivity contribution is 9.11. The van der Waals surface area contributed by atoms with Crippen LogP contribution in [0.3, 0.4) is 0 Å². The fourth-order valence-electron chi connectivity index (χ4n) is 2.18. The summed E-state index contributed by atoms with van der Waals surface area (Å²) < 4.78 is 26.8. The van der Waals surface area contributed by atoms with Crippen molar-refractivity contribution in [3.8, 4) is 12.3 Å². The van der Waals surface area contributed by atoms with E-state index in [1.165, 1.54) is 28.7 Å². The number of rotatable bonds is 3. The van der Waals surface area contributed by atoms with Gasteiger partial charge in [0, 0.05) is 6.26 Å². The molecule has 3 rings (SSSR count). The maximum Gasteiger partial charge on any atom is 0.289 e. The van der Waals surface area contributed by atoms with E-state index in [9.17, 15) is 13.2 Å². The van der Waals surface area contributed by atoms with Crippen LogP contribution < -0.4 is 4.80 Å². The number of sulfone groups is 1. The van der Waals surface area contributed by atoms with Crippen LogP contribution in [0.25, 0.3) is 10.2 Å². The van der Waals surface area contributed by atoms with Crippen LogP contribution in [0.5, 0.6) is 0 Å². The average molecular weight is 455 g/mol. The Labute approximate surface area is 160 Å². The molecule has 0 aliphatic rings. The summed E-state index contributed by atoms with van der Waals surface area (Å²) in [4.78, 5) is 17.7. The maximum absolute atomic E-state index is 12.4. The van der Waals surface area contributed by atoms with Gasteiger partial charge >= 0.3 is 0 Å². The van der Waals surface area contributed by atoms with Crippen LogP contribution in [-0.4, -0.2) is 25.1 Å². The second-order valence-electron chi connectivity index (χ2n) is 5.10. The SMILES string of the molecule is C#CCn1c(=NC(=O)c2ccc(Br)s2)sc2cc(S(C)(=O)=O)ccc21. The molecule has 0 saturated carbocycles. The molecule has 2 aromatic heterocycles. The molecule has 128 valence electrons. The molecule has 5 nitrogen and oxygen atoms in total. The van der Waals surface area contributed by atoms with Crippen LogP contribution in [-0.2, 0) is 16.4 Å². The lowest BCUT2D eigenvalue weighted by atomic mass is 10.3. The first-order valence-corrected chi connectivity index (χ1v) is 11.2. The molecule has 0 N–H and O–H groups in total. The van der Waals surface area contributed by atoms with Crippen molar-refractivity contribution in [3.05, 3.63) is 43.8 Å². The van der Waals surface area contributed by atoms with Crippen LogP contribution in [0.4, 0.5) is 0 Å². The summed E-state index contributed by atoms with van der Waals surface area (Å²) in [5.74, 6) is 2.18. The quantitative estimate of drug-likeness (QED) is 0.570. The normalized spacial score (nSPS) is 12.4. The molecule has 0 atom stereocenters. The number of halogens is 1. The van der Waals surface area contributed by atoms with Crippen molar-refractivity contribution < 1.29 is 13.2 Å². The molecule has 3 aromatic rings. The zero-order valence-electron chi connectivity index (χ0n) is 12.9. The Balaban J connectivity index is 2.20. The van der Waals surface area contributed by atoms with Gasteiger partial charge in [-0.2, -0.15) is 4.99 Å². The van der Waals surface area contributed by atoms with E-state index in [1.54, 1.807) is 28.8 Å². The van der Waals surface area contributed by atoms with Crippen LogP contribution in [0, 0.1) is 12.3 Å². The number of amides is 1. The molecule has 0 unspecified atom stereocenters. The highest BCUT2D eigenvalue weighted by Crippen LogP contribution is 2.24. The lowest BCUT2D eigenvalue weighted by Crippen LogP contribution is -2.16. The van der Waals surface area contributed by atoms with Crippen molar-refractivity contribution in [2.75, 3.05) is 6.26 Å². The molecule has 0 radical (unpaired) electrons. The van der Waals surface area contributed by atoms with Crippen LogP contribution in [0.2, 0.25) is 0 Å². The van der Waals surface area contributed by atoms with Gasteiger partial charge in [0.25, 0.3) is 5.91 Å². The Bertz CT molecular complexity index is 1190. The fraction of sp³-hybridized carbons (Fsp3) is 0.125. The zero-order valence-corrected chi connectivity index (χ0v) is 16.9. The lowest BCUT2D eigenvalue weighted by molar-refractivity contribution is 0.100. The van der Waals surface area contributed by atoms with Gasteiger partial charge in [0.15, 0.2) is 14.6 Å². The Kier molecular flexibility index (Phi) is 4.97. The number of nitrogens with zero attached hydrogens (tertiary/aromatic N) is 2. The third-order valence-electron chi connectivity index (χ3n) is 3.31. The highest BCUT2D eigenvalue weighted by Gasteiger charge is 2.13. The summed E-state index contributed by atoms with van der Waals surface area (Å²) in [5, 5.41) is 0. The Morgan fingerprint density at radius 2 is 2.08 bits per heavy atom. The van der Waals surface area contributed by atoms with Crippen molar-refractivity contribution in [1.29, 1.82) is 0 Å². The van der Waals surface area contributed by atoms with E-state index in [1.807, 2.05) is 0 Å². The zero-order chi connectivity index (χ0) is 18.2. The van der Waals surface area contributed by atoms with E-state index in [0.29, 0.717) is 14.4 Å². The van der Waals surface area contributed by atoms with Gasteiger partial charge in [-0.1, -0.05) is 17.3 Å². The van der Waals surface area contributed by atoms with E-state index in [-0.39, 0.29) is 17.3 Å². The second-order valence-corrected chi connectivity index (χ2v) is 10.6. The summed E-state index contributed by atoms with van der Waals surface area (Å²) in [6, 6.07) is 8.27. The molecule has 0 fully saturated rings. The fourth-order valence-corrected chi connectivity index (χ4v) is 5.24. The van der Waals surface area contributed by atoms with Gasteiger partial charge in [-0.25, -0.2) is 8.42 Å². The number of thiophene rings is 1. The molecular weight excluding hydrogens is 444 g/mol. The monoisotopic (exact) mass is 454 g/mol. The minimum absolute atomic E-state index is 0.217. The van der Waals surface area contributed by atoms with Crippen molar-refractivity contribution >= 4 is 64.6 Å². The van der Waals surface area contributed by atoms with E-state index in [4.69, 9.17) is 6.42 Å². The molecule has 0 aliphatic carbocycles. The molecule has 0 spiro atoms. The number of fused-ring (bicyclic) bond motifs is 1. The minimum atomic E-state index is -3.32. The molecule has 25 heavy (non-hydrogen) atoms. The first-order chi connectivity index (χ1) is 11.8. The molecule has 9 heteroatoms. The topological polar surface area (TPSA) is 68.5 Å². The number of benzene rings is 1. The van der Waals surface area contributed by atoms with Crippen molar-refractivity contribution in [2.24, 2.45) is 4.99 Å². The van der Waals surface area contributed by atoms with E-state index >= 15 is 0 Å². The predicted octanol–water partition coefficient (Wildman–Crippen LogP) is 3.30. The number of aromatic nitrogens is 1. The number of carbonyl (C=O) groups is 1. The number of thiazole rings is 1. The molecule has 0 aliphatic heterocycles. The smallest absolute Gasteiger partial charge is 0.289 e. The molecule has 0 saturated heterocycles. The van der Waals surface area contributed by atoms with Crippen molar-refractivity contribution in [1.82, 2.24) is 4.57 Å². The predicted molar refractivity (Wildman–Crippen MR) is 104 cm³/mol. The standard InChI is InChI=1S/C16H11BrN2O3S3/c1-3-8-19-11-5-4-10(25(2,21)22)9-13(11)24-16(19)18-15(20)12-6-7-14(17)23-12/h1,4-7,9H,8H2,2H3. The van der Waals surface area contributed by atoms with Gasteiger partial charge < -0.3 is 4.57 Å². The molecule has 2 heterocycles. The summed E-state index contributed by atoms with van der Waals surface area (Å²) in [6.07, 6.45) is 6.58. The highest BCUT2D eigenvalue weighted by atomic mass is 79.9. The van der Waals surface area contributed by atoms with Crippen molar-refractivity contribution in [2.45, 2.75) is 11.4 Å².